The molecule has 0 radical (unpaired) electrons. The van der Waals surface area contributed by atoms with Crippen LogP contribution in [0.15, 0.2) is 18.2 Å². The molecule has 2 nitrogen and oxygen atoms in total. The Morgan fingerprint density at radius 1 is 1.25 bits per heavy atom. The van der Waals surface area contributed by atoms with E-state index in [4.69, 9.17) is 0 Å². The zero-order valence-corrected chi connectivity index (χ0v) is 11.5. The quantitative estimate of drug-likeness (QED) is 0.591. The molecule has 0 aliphatic rings. The van der Waals surface area contributed by atoms with E-state index in [0.29, 0.717) is 5.75 Å². The number of anilines is 1. The normalized spacial score (nSPS) is 10.6. The molecule has 0 aliphatic carbocycles. The van der Waals surface area contributed by atoms with Gasteiger partial charge in [0.05, 0.1) is 12.5 Å². The number of rotatable bonds is 4. The van der Waals surface area contributed by atoms with Gasteiger partial charge in [-0.3, -0.25) is 4.79 Å². The van der Waals surface area contributed by atoms with Crippen LogP contribution in [-0.2, 0) is 10.9 Å². The molecule has 88 valence electrons. The van der Waals surface area contributed by atoms with Gasteiger partial charge in [-0.25, -0.2) is 0 Å². The van der Waals surface area contributed by atoms with E-state index in [-0.39, 0.29) is 16.7 Å². The molecule has 0 aliphatic heterocycles. The zero-order chi connectivity index (χ0) is 12.3. The molecule has 0 fully saturated rings. The molecule has 0 bridgehead atoms. The number of nitrogens with zero attached hydrogens (tertiary/aromatic N) is 1. The van der Waals surface area contributed by atoms with Crippen molar-refractivity contribution in [1.29, 1.82) is 0 Å². The minimum absolute atomic E-state index is 0.167. The molecule has 3 heteroatoms. The van der Waals surface area contributed by atoms with E-state index in [9.17, 15) is 4.79 Å². The average Bonchev–Trinajstić information content (AvgIpc) is 2.15. The fourth-order valence-electron chi connectivity index (χ4n) is 1.53. The van der Waals surface area contributed by atoms with Crippen molar-refractivity contribution in [3.05, 3.63) is 29.3 Å². The van der Waals surface area contributed by atoms with E-state index in [2.05, 4.69) is 18.6 Å². The summed E-state index contributed by atoms with van der Waals surface area (Å²) in [5.41, 5.74) is 3.07. The van der Waals surface area contributed by atoms with Crippen molar-refractivity contribution in [2.75, 3.05) is 37.3 Å². The Bertz CT molecular complexity index is 386. The van der Waals surface area contributed by atoms with Gasteiger partial charge in [-0.05, 0) is 41.6 Å². The third-order valence-corrected chi connectivity index (χ3v) is 3.16. The number of aryl methyl sites for hydroxylation is 1. The number of benzene rings is 1. The first-order valence-electron chi connectivity index (χ1n) is 5.26. The molecule has 0 amide bonds. The van der Waals surface area contributed by atoms with Crippen molar-refractivity contribution >= 4 is 22.4 Å². The van der Waals surface area contributed by atoms with Crippen LogP contribution in [0, 0.1) is 6.92 Å². The Labute approximate surface area is 101 Å². The fourth-order valence-corrected chi connectivity index (χ4v) is 2.22. The second-order valence-corrected chi connectivity index (χ2v) is 6.76. The Balaban J connectivity index is 3.00. The summed E-state index contributed by atoms with van der Waals surface area (Å²) >= 11 is 0. The maximum atomic E-state index is 12.0. The van der Waals surface area contributed by atoms with Crippen LogP contribution in [0.2, 0.25) is 0 Å². The monoisotopic (exact) mass is 238 g/mol. The lowest BCUT2D eigenvalue weighted by molar-refractivity contribution is 0.102. The minimum atomic E-state index is 0.167. The van der Waals surface area contributed by atoms with Gasteiger partial charge < -0.3 is 4.90 Å². The molecule has 0 unspecified atom stereocenters. The SMILES string of the molecule is Cc1cc(C(=O)C[S+](C)C)cc(N(C)C)c1. The van der Waals surface area contributed by atoms with E-state index in [0.717, 1.165) is 16.8 Å². The van der Waals surface area contributed by atoms with E-state index in [1.807, 2.05) is 38.1 Å². The van der Waals surface area contributed by atoms with Crippen LogP contribution >= 0.6 is 0 Å². The summed E-state index contributed by atoms with van der Waals surface area (Å²) in [4.78, 5) is 14.0. The van der Waals surface area contributed by atoms with Gasteiger partial charge in [0.15, 0.2) is 5.75 Å². The van der Waals surface area contributed by atoms with Gasteiger partial charge in [0.25, 0.3) is 0 Å². The third kappa shape index (κ3) is 3.56. The number of carbonyl (C=O) groups is 1. The van der Waals surface area contributed by atoms with Gasteiger partial charge in [0.2, 0.25) is 5.78 Å². The highest BCUT2D eigenvalue weighted by molar-refractivity contribution is 7.96. The maximum absolute atomic E-state index is 12.0. The number of hydrogen-bond acceptors (Lipinski definition) is 2. The van der Waals surface area contributed by atoms with E-state index < -0.39 is 0 Å². The van der Waals surface area contributed by atoms with Crippen molar-refractivity contribution < 1.29 is 4.79 Å². The largest absolute Gasteiger partial charge is 0.378 e. The topological polar surface area (TPSA) is 20.3 Å². The van der Waals surface area contributed by atoms with Crippen molar-refractivity contribution in [1.82, 2.24) is 0 Å². The van der Waals surface area contributed by atoms with Crippen LogP contribution in [0.4, 0.5) is 5.69 Å². The lowest BCUT2D eigenvalue weighted by Gasteiger charge is -2.14. The molecule has 0 saturated carbocycles. The van der Waals surface area contributed by atoms with E-state index in [1.54, 1.807) is 0 Å². The fraction of sp³-hybridized carbons (Fsp3) is 0.462. The molecule has 0 spiro atoms. The van der Waals surface area contributed by atoms with Gasteiger partial charge in [-0.1, -0.05) is 0 Å². The first-order chi connectivity index (χ1) is 7.40. The Morgan fingerprint density at radius 3 is 2.38 bits per heavy atom. The molecule has 0 saturated heterocycles. The molecule has 1 rings (SSSR count). The van der Waals surface area contributed by atoms with E-state index in [1.165, 1.54) is 0 Å². The minimum Gasteiger partial charge on any atom is -0.378 e. The number of Topliss-reactive ketones (excluding diaryl/α,β-unsaturated/α-hetero) is 1. The molecule has 1 aromatic rings. The summed E-state index contributed by atoms with van der Waals surface area (Å²) in [6, 6.07) is 6.04. The number of ketones is 1. The summed E-state index contributed by atoms with van der Waals surface area (Å²) in [7, 11) is 4.15. The lowest BCUT2D eigenvalue weighted by atomic mass is 10.1. The molecule has 0 atom stereocenters. The van der Waals surface area contributed by atoms with Gasteiger partial charge >= 0.3 is 0 Å². The Morgan fingerprint density at radius 2 is 1.88 bits per heavy atom. The van der Waals surface area contributed by atoms with Gasteiger partial charge in [-0.2, -0.15) is 0 Å². The summed E-state index contributed by atoms with van der Waals surface area (Å²) < 4.78 is 0. The number of carbonyl (C=O) groups excluding carboxylic acids is 1. The third-order valence-electron chi connectivity index (χ3n) is 2.32. The Hall–Kier alpha value is -0.960. The molecular formula is C13H20NOS+. The standard InChI is InChI=1S/C13H20NOS/c1-10-6-11(13(15)9-16(4)5)8-12(7-10)14(2)3/h6-8H,9H2,1-5H3/q+1. The second kappa shape index (κ2) is 5.39. The zero-order valence-electron chi connectivity index (χ0n) is 10.7. The highest BCUT2D eigenvalue weighted by Gasteiger charge is 2.15. The predicted octanol–water partition coefficient (Wildman–Crippen LogP) is 2.12. The van der Waals surface area contributed by atoms with Crippen molar-refractivity contribution in [3.8, 4) is 0 Å². The van der Waals surface area contributed by atoms with Gasteiger partial charge in [-0.15, -0.1) is 0 Å². The first-order valence-corrected chi connectivity index (χ1v) is 7.47. The van der Waals surface area contributed by atoms with Crippen LogP contribution in [0.3, 0.4) is 0 Å². The van der Waals surface area contributed by atoms with Gasteiger partial charge in [0.1, 0.15) is 0 Å². The van der Waals surface area contributed by atoms with Crippen molar-refractivity contribution in [3.63, 3.8) is 0 Å². The maximum Gasteiger partial charge on any atom is 0.211 e. The highest BCUT2D eigenvalue weighted by Crippen LogP contribution is 2.17. The molecule has 16 heavy (non-hydrogen) atoms. The average molecular weight is 238 g/mol. The summed E-state index contributed by atoms with van der Waals surface area (Å²) in [5, 5.41) is 0. The molecule has 0 N–H and O–H groups in total. The second-order valence-electron chi connectivity index (χ2n) is 4.50. The smallest absolute Gasteiger partial charge is 0.211 e. The predicted molar refractivity (Wildman–Crippen MR) is 73.9 cm³/mol. The van der Waals surface area contributed by atoms with Crippen LogP contribution in [0.1, 0.15) is 15.9 Å². The van der Waals surface area contributed by atoms with Gasteiger partial charge in [0, 0.05) is 25.3 Å². The number of hydrogen-bond donors (Lipinski definition) is 0. The molecule has 0 aromatic heterocycles. The summed E-state index contributed by atoms with van der Waals surface area (Å²) in [5.74, 6) is 0.899. The molecule has 1 aromatic carbocycles. The van der Waals surface area contributed by atoms with Crippen LogP contribution in [0.25, 0.3) is 0 Å². The molecule has 0 heterocycles. The van der Waals surface area contributed by atoms with Crippen LogP contribution < -0.4 is 4.90 Å². The van der Waals surface area contributed by atoms with Crippen LogP contribution in [-0.4, -0.2) is 38.1 Å². The van der Waals surface area contributed by atoms with Crippen LogP contribution in [0.5, 0.6) is 0 Å². The first kappa shape index (κ1) is 13.1. The van der Waals surface area contributed by atoms with Crippen molar-refractivity contribution in [2.45, 2.75) is 6.92 Å². The summed E-state index contributed by atoms with van der Waals surface area (Å²) in [6.07, 6.45) is 4.20. The summed E-state index contributed by atoms with van der Waals surface area (Å²) in [6.45, 7) is 2.03. The Kier molecular flexibility index (Phi) is 4.42. The lowest BCUT2D eigenvalue weighted by Crippen LogP contribution is -2.15. The van der Waals surface area contributed by atoms with Crippen molar-refractivity contribution in [2.24, 2.45) is 0 Å². The molecular weight excluding hydrogens is 218 g/mol. The highest BCUT2D eigenvalue weighted by atomic mass is 32.2. The van der Waals surface area contributed by atoms with E-state index >= 15 is 0 Å².